The average Bonchev–Trinajstić information content (AvgIpc) is 2.72. The molecule has 0 aliphatic rings. The Hall–Kier alpha value is -3.26. The summed E-state index contributed by atoms with van der Waals surface area (Å²) in [5, 5.41) is 19.9. The van der Waals surface area contributed by atoms with Crippen LogP contribution in [0.5, 0.6) is 0 Å². The minimum Gasteiger partial charge on any atom is -0.480 e. The van der Waals surface area contributed by atoms with E-state index in [0.717, 1.165) is 11.4 Å². The maximum absolute atomic E-state index is 12.1. The fraction of sp³-hybridized carbons (Fsp3) is 0.333. The summed E-state index contributed by atoms with van der Waals surface area (Å²) in [7, 11) is 3.95. The Labute approximate surface area is 170 Å². The molecule has 2 rings (SSSR count). The van der Waals surface area contributed by atoms with Gasteiger partial charge < -0.3 is 21.1 Å². The molecule has 0 unspecified atom stereocenters. The first-order valence-corrected chi connectivity index (χ1v) is 9.42. The van der Waals surface area contributed by atoms with Crippen LogP contribution in [0.3, 0.4) is 0 Å². The van der Waals surface area contributed by atoms with Gasteiger partial charge in [-0.25, -0.2) is 0 Å². The van der Waals surface area contributed by atoms with E-state index in [2.05, 4.69) is 15.5 Å². The van der Waals surface area contributed by atoms with Crippen molar-refractivity contribution in [2.75, 3.05) is 25.5 Å². The lowest BCUT2D eigenvalue weighted by atomic mass is 10.1. The Bertz CT molecular complexity index is 832. The van der Waals surface area contributed by atoms with E-state index in [0.29, 0.717) is 37.1 Å². The van der Waals surface area contributed by atoms with Crippen LogP contribution in [0.25, 0.3) is 0 Å². The molecule has 0 bridgehead atoms. The molecular weight excluding hydrogens is 370 g/mol. The number of aliphatic carboxylic acids is 1. The summed E-state index contributed by atoms with van der Waals surface area (Å²) in [6.45, 7) is 0.468. The van der Waals surface area contributed by atoms with Crippen molar-refractivity contribution in [3.63, 3.8) is 0 Å². The molecule has 8 nitrogen and oxygen atoms in total. The molecule has 0 saturated carbocycles. The molecule has 8 heteroatoms. The van der Waals surface area contributed by atoms with Crippen molar-refractivity contribution in [1.82, 2.24) is 5.32 Å². The second kappa shape index (κ2) is 10.9. The SMILES string of the molecule is CN(C)c1ccc(N=Nc2ccc(C(=O)NCCCC[C@H](N)C(=O)O)cc2)cc1. The standard InChI is InChI=1S/C21H27N5O3/c1-26(2)18-12-10-17(11-13-18)25-24-16-8-6-15(7-9-16)20(27)23-14-4-3-5-19(22)21(28)29/h6-13,19H,3-5,14,22H2,1-2H3,(H,23,27)(H,28,29)/t19-/m0/s1. The third kappa shape index (κ3) is 7.34. The number of anilines is 1. The van der Waals surface area contributed by atoms with Gasteiger partial charge in [-0.1, -0.05) is 0 Å². The van der Waals surface area contributed by atoms with Gasteiger partial charge in [-0.15, -0.1) is 0 Å². The lowest BCUT2D eigenvalue weighted by Crippen LogP contribution is -2.30. The molecule has 154 valence electrons. The Morgan fingerprint density at radius 2 is 1.55 bits per heavy atom. The van der Waals surface area contributed by atoms with E-state index in [4.69, 9.17) is 10.8 Å². The van der Waals surface area contributed by atoms with Crippen molar-refractivity contribution in [3.8, 4) is 0 Å². The van der Waals surface area contributed by atoms with Gasteiger partial charge in [0.15, 0.2) is 0 Å². The molecule has 4 N–H and O–H groups in total. The van der Waals surface area contributed by atoms with Crippen molar-refractivity contribution in [1.29, 1.82) is 0 Å². The van der Waals surface area contributed by atoms with E-state index in [-0.39, 0.29) is 5.91 Å². The van der Waals surface area contributed by atoms with Crippen LogP contribution in [-0.2, 0) is 4.79 Å². The zero-order valence-corrected chi connectivity index (χ0v) is 16.7. The van der Waals surface area contributed by atoms with Crippen LogP contribution < -0.4 is 16.0 Å². The summed E-state index contributed by atoms with van der Waals surface area (Å²) >= 11 is 0. The van der Waals surface area contributed by atoms with Gasteiger partial charge >= 0.3 is 5.97 Å². The Morgan fingerprint density at radius 1 is 1.00 bits per heavy atom. The summed E-state index contributed by atoms with van der Waals surface area (Å²) in [5.74, 6) is -1.19. The minimum atomic E-state index is -1.00. The fourth-order valence-electron chi connectivity index (χ4n) is 2.53. The zero-order valence-electron chi connectivity index (χ0n) is 16.7. The number of hydrogen-bond acceptors (Lipinski definition) is 6. The summed E-state index contributed by atoms with van der Waals surface area (Å²) < 4.78 is 0. The number of hydrogen-bond donors (Lipinski definition) is 3. The van der Waals surface area contributed by atoms with Crippen LogP contribution >= 0.6 is 0 Å². The van der Waals surface area contributed by atoms with Crippen LogP contribution in [0.15, 0.2) is 58.8 Å². The molecule has 29 heavy (non-hydrogen) atoms. The van der Waals surface area contributed by atoms with Gasteiger partial charge in [-0.3, -0.25) is 9.59 Å². The highest BCUT2D eigenvalue weighted by molar-refractivity contribution is 5.94. The molecule has 1 amide bonds. The molecule has 0 radical (unpaired) electrons. The molecule has 0 heterocycles. The lowest BCUT2D eigenvalue weighted by molar-refractivity contribution is -0.138. The number of nitrogens with one attached hydrogen (secondary N) is 1. The molecule has 1 atom stereocenters. The second-order valence-electron chi connectivity index (χ2n) is 6.85. The van der Waals surface area contributed by atoms with Gasteiger partial charge in [0.2, 0.25) is 0 Å². The number of carbonyl (C=O) groups is 2. The molecule has 0 aliphatic heterocycles. The first kappa shape index (κ1) is 22.0. The van der Waals surface area contributed by atoms with E-state index < -0.39 is 12.0 Å². The first-order chi connectivity index (χ1) is 13.9. The maximum atomic E-state index is 12.1. The van der Waals surface area contributed by atoms with Crippen molar-refractivity contribution in [3.05, 3.63) is 54.1 Å². The Balaban J connectivity index is 1.80. The number of nitrogens with zero attached hydrogens (tertiary/aromatic N) is 3. The molecule has 0 saturated heterocycles. The van der Waals surface area contributed by atoms with E-state index in [9.17, 15) is 9.59 Å². The van der Waals surface area contributed by atoms with Crippen molar-refractivity contribution >= 4 is 28.9 Å². The molecule has 2 aromatic carbocycles. The second-order valence-corrected chi connectivity index (χ2v) is 6.85. The summed E-state index contributed by atoms with van der Waals surface area (Å²) in [6.07, 6.45) is 1.71. The zero-order chi connectivity index (χ0) is 21.2. The number of carboxylic acid groups (broad SMARTS) is 1. The number of benzene rings is 2. The van der Waals surface area contributed by atoms with E-state index in [1.54, 1.807) is 24.3 Å². The number of amides is 1. The average molecular weight is 397 g/mol. The van der Waals surface area contributed by atoms with E-state index >= 15 is 0 Å². The van der Waals surface area contributed by atoms with Gasteiger partial charge in [0.1, 0.15) is 6.04 Å². The molecule has 0 fully saturated rings. The number of carbonyl (C=O) groups excluding carboxylic acids is 1. The Morgan fingerprint density at radius 3 is 2.07 bits per heavy atom. The van der Waals surface area contributed by atoms with Crippen molar-refractivity contribution < 1.29 is 14.7 Å². The number of nitrogens with two attached hydrogens (primary N) is 1. The highest BCUT2D eigenvalue weighted by atomic mass is 16.4. The molecular formula is C21H27N5O3. The smallest absolute Gasteiger partial charge is 0.320 e. The monoisotopic (exact) mass is 397 g/mol. The normalized spacial score (nSPS) is 12.0. The van der Waals surface area contributed by atoms with Gasteiger partial charge in [0.25, 0.3) is 5.91 Å². The van der Waals surface area contributed by atoms with Crippen molar-refractivity contribution in [2.45, 2.75) is 25.3 Å². The van der Waals surface area contributed by atoms with E-state index in [1.807, 2.05) is 43.3 Å². The van der Waals surface area contributed by atoms with Crippen LogP contribution in [0.2, 0.25) is 0 Å². The topological polar surface area (TPSA) is 120 Å². The highest BCUT2D eigenvalue weighted by Crippen LogP contribution is 2.21. The lowest BCUT2D eigenvalue weighted by Gasteiger charge is -2.11. The third-order valence-corrected chi connectivity index (χ3v) is 4.32. The largest absolute Gasteiger partial charge is 0.480 e. The predicted molar refractivity (Wildman–Crippen MR) is 113 cm³/mol. The number of unbranched alkanes of at least 4 members (excludes halogenated alkanes) is 1. The summed E-state index contributed by atoms with van der Waals surface area (Å²) in [4.78, 5) is 24.8. The van der Waals surface area contributed by atoms with E-state index in [1.165, 1.54) is 0 Å². The maximum Gasteiger partial charge on any atom is 0.320 e. The fourth-order valence-corrected chi connectivity index (χ4v) is 2.53. The molecule has 2 aromatic rings. The molecule has 0 spiro atoms. The minimum absolute atomic E-state index is 0.185. The number of carboxylic acids is 1. The Kier molecular flexibility index (Phi) is 8.29. The van der Waals surface area contributed by atoms with Crippen LogP contribution in [0, 0.1) is 0 Å². The predicted octanol–water partition coefficient (Wildman–Crippen LogP) is 3.48. The first-order valence-electron chi connectivity index (χ1n) is 9.42. The number of rotatable bonds is 10. The third-order valence-electron chi connectivity index (χ3n) is 4.32. The highest BCUT2D eigenvalue weighted by Gasteiger charge is 2.10. The quantitative estimate of drug-likeness (QED) is 0.419. The van der Waals surface area contributed by atoms with Crippen LogP contribution in [0.4, 0.5) is 17.1 Å². The van der Waals surface area contributed by atoms with Gasteiger partial charge in [0, 0.05) is 31.9 Å². The molecule has 0 aliphatic carbocycles. The summed E-state index contributed by atoms with van der Waals surface area (Å²) in [6, 6.07) is 13.7. The van der Waals surface area contributed by atoms with Gasteiger partial charge in [-0.2, -0.15) is 10.2 Å². The van der Waals surface area contributed by atoms with Gasteiger partial charge in [-0.05, 0) is 67.8 Å². The van der Waals surface area contributed by atoms with Crippen LogP contribution in [-0.4, -0.2) is 43.7 Å². The van der Waals surface area contributed by atoms with Crippen molar-refractivity contribution in [2.24, 2.45) is 16.0 Å². The molecule has 0 aromatic heterocycles. The van der Waals surface area contributed by atoms with Gasteiger partial charge in [0.05, 0.1) is 11.4 Å². The summed E-state index contributed by atoms with van der Waals surface area (Å²) in [5.41, 5.74) is 8.46. The van der Waals surface area contributed by atoms with Crippen LogP contribution in [0.1, 0.15) is 29.6 Å². The number of azo groups is 1.